The summed E-state index contributed by atoms with van der Waals surface area (Å²) in [6, 6.07) is 0. The number of hydrogen-bond acceptors (Lipinski definition) is 6. The van der Waals surface area contributed by atoms with Crippen LogP contribution in [0.4, 0.5) is 11.5 Å². The van der Waals surface area contributed by atoms with E-state index >= 15 is 0 Å². The number of aromatic nitrogens is 2. The summed E-state index contributed by atoms with van der Waals surface area (Å²) < 4.78 is 1.91. The van der Waals surface area contributed by atoms with Gasteiger partial charge in [-0.1, -0.05) is 0 Å². The minimum atomic E-state index is 0.248. The number of nitrogen functional groups attached to an aromatic ring is 1. The summed E-state index contributed by atoms with van der Waals surface area (Å²) in [5, 5.41) is 16.3. The molecule has 0 aromatic carbocycles. The highest BCUT2D eigenvalue weighted by Gasteiger charge is 2.16. The average Bonchev–Trinajstić information content (AvgIpc) is 2.79. The summed E-state index contributed by atoms with van der Waals surface area (Å²) in [4.78, 5) is 4.71. The lowest BCUT2D eigenvalue weighted by molar-refractivity contribution is 0.110. The third-order valence-corrected chi connectivity index (χ3v) is 3.61. The molecule has 2 rings (SSSR count). The van der Waals surface area contributed by atoms with Crippen molar-refractivity contribution in [2.45, 2.75) is 6.54 Å². The Balaban J connectivity index is 1.77. The molecule has 1 aliphatic heterocycles. The summed E-state index contributed by atoms with van der Waals surface area (Å²) in [5.74, 6) is 0.888. The molecule has 1 aromatic heterocycles. The molecule has 7 nitrogen and oxygen atoms in total. The minimum absolute atomic E-state index is 0.248. The van der Waals surface area contributed by atoms with Crippen molar-refractivity contribution < 1.29 is 5.11 Å². The molecule has 0 unspecified atom stereocenters. The number of piperazine rings is 1. The zero-order valence-corrected chi connectivity index (χ0v) is 11.5. The van der Waals surface area contributed by atoms with Crippen LogP contribution in [0.5, 0.6) is 0 Å². The summed E-state index contributed by atoms with van der Waals surface area (Å²) in [7, 11) is 1.86. The molecule has 0 radical (unpaired) electrons. The van der Waals surface area contributed by atoms with E-state index in [2.05, 4.69) is 20.2 Å². The van der Waals surface area contributed by atoms with Crippen molar-refractivity contribution in [3.63, 3.8) is 0 Å². The highest BCUT2D eigenvalue weighted by atomic mass is 16.3. The van der Waals surface area contributed by atoms with Crippen LogP contribution in [0.3, 0.4) is 0 Å². The molecule has 0 atom stereocenters. The van der Waals surface area contributed by atoms with E-state index in [9.17, 15) is 0 Å². The number of aliphatic hydroxyl groups excluding tert-OH is 1. The highest BCUT2D eigenvalue weighted by Crippen LogP contribution is 2.16. The van der Waals surface area contributed by atoms with Gasteiger partial charge in [0.25, 0.3) is 0 Å². The number of anilines is 2. The van der Waals surface area contributed by atoms with Crippen molar-refractivity contribution in [3.8, 4) is 0 Å². The largest absolute Gasteiger partial charge is 0.395 e. The van der Waals surface area contributed by atoms with E-state index in [0.29, 0.717) is 5.69 Å². The van der Waals surface area contributed by atoms with E-state index in [1.807, 2.05) is 11.7 Å². The fraction of sp³-hybridized carbons (Fsp3) is 0.750. The summed E-state index contributed by atoms with van der Waals surface area (Å²) in [6.07, 6.45) is 1.69. The Bertz CT molecular complexity index is 386. The Hall–Kier alpha value is -1.31. The van der Waals surface area contributed by atoms with Crippen molar-refractivity contribution >= 4 is 11.5 Å². The molecule has 19 heavy (non-hydrogen) atoms. The number of nitrogens with zero attached hydrogens (tertiary/aromatic N) is 4. The SMILES string of the molecule is CNc1c(N)cnn1CCN1CCN(CCO)CC1. The molecule has 108 valence electrons. The van der Waals surface area contributed by atoms with Crippen molar-refractivity contribution in [3.05, 3.63) is 6.20 Å². The van der Waals surface area contributed by atoms with Gasteiger partial charge in [-0.15, -0.1) is 0 Å². The molecule has 0 aliphatic carbocycles. The van der Waals surface area contributed by atoms with Crippen LogP contribution < -0.4 is 11.1 Å². The zero-order chi connectivity index (χ0) is 13.7. The topological polar surface area (TPSA) is 82.6 Å². The smallest absolute Gasteiger partial charge is 0.147 e. The van der Waals surface area contributed by atoms with E-state index in [1.165, 1.54) is 0 Å². The van der Waals surface area contributed by atoms with Crippen LogP contribution in [0, 0.1) is 0 Å². The predicted octanol–water partition coefficient (Wildman–Crippen LogP) is -0.883. The fourth-order valence-corrected chi connectivity index (χ4v) is 2.46. The van der Waals surface area contributed by atoms with Gasteiger partial charge in [0, 0.05) is 46.3 Å². The van der Waals surface area contributed by atoms with Gasteiger partial charge < -0.3 is 16.2 Å². The number of hydrogen-bond donors (Lipinski definition) is 3. The lowest BCUT2D eigenvalue weighted by Crippen LogP contribution is -2.47. The van der Waals surface area contributed by atoms with Gasteiger partial charge in [0.1, 0.15) is 5.82 Å². The van der Waals surface area contributed by atoms with E-state index in [1.54, 1.807) is 6.20 Å². The summed E-state index contributed by atoms with van der Waals surface area (Å²) >= 11 is 0. The van der Waals surface area contributed by atoms with Crippen molar-refractivity contribution in [2.24, 2.45) is 0 Å². The third kappa shape index (κ3) is 3.59. The maximum Gasteiger partial charge on any atom is 0.147 e. The Morgan fingerprint density at radius 2 is 1.84 bits per heavy atom. The third-order valence-electron chi connectivity index (χ3n) is 3.61. The molecule has 4 N–H and O–H groups in total. The lowest BCUT2D eigenvalue weighted by Gasteiger charge is -2.34. The molecule has 0 amide bonds. The maximum atomic E-state index is 8.91. The fourth-order valence-electron chi connectivity index (χ4n) is 2.46. The van der Waals surface area contributed by atoms with E-state index in [-0.39, 0.29) is 6.61 Å². The molecule has 0 bridgehead atoms. The second kappa shape index (κ2) is 6.74. The number of β-amino-alcohol motifs (C(OH)–C–C–N with tert-alkyl or cyclic N) is 1. The quantitative estimate of drug-likeness (QED) is 0.621. The van der Waals surface area contributed by atoms with Crippen LogP contribution in [-0.4, -0.2) is 77.6 Å². The second-order valence-corrected chi connectivity index (χ2v) is 4.83. The highest BCUT2D eigenvalue weighted by molar-refractivity contribution is 5.60. The van der Waals surface area contributed by atoms with E-state index < -0.39 is 0 Å². The number of nitrogens with one attached hydrogen (secondary N) is 1. The van der Waals surface area contributed by atoms with E-state index in [4.69, 9.17) is 10.8 Å². The first-order valence-corrected chi connectivity index (χ1v) is 6.79. The van der Waals surface area contributed by atoms with Crippen LogP contribution in [0.1, 0.15) is 0 Å². The molecule has 1 aromatic rings. The first-order valence-electron chi connectivity index (χ1n) is 6.79. The summed E-state index contributed by atoms with van der Waals surface area (Å²) in [6.45, 7) is 7.00. The van der Waals surface area contributed by atoms with Gasteiger partial charge in [0.2, 0.25) is 0 Å². The van der Waals surface area contributed by atoms with Gasteiger partial charge in [0.05, 0.1) is 25.0 Å². The molecule has 1 aliphatic rings. The van der Waals surface area contributed by atoms with Gasteiger partial charge in [-0.3, -0.25) is 9.80 Å². The first-order chi connectivity index (χ1) is 9.24. The van der Waals surface area contributed by atoms with Gasteiger partial charge in [-0.2, -0.15) is 5.10 Å². The lowest BCUT2D eigenvalue weighted by atomic mass is 10.3. The van der Waals surface area contributed by atoms with Crippen LogP contribution >= 0.6 is 0 Å². The van der Waals surface area contributed by atoms with Crippen LogP contribution in [0.15, 0.2) is 6.20 Å². The van der Waals surface area contributed by atoms with Crippen molar-refractivity contribution in [1.29, 1.82) is 0 Å². The molecular formula is C12H24N6O. The zero-order valence-electron chi connectivity index (χ0n) is 11.5. The monoisotopic (exact) mass is 268 g/mol. The normalized spacial score (nSPS) is 17.8. The van der Waals surface area contributed by atoms with Gasteiger partial charge in [0.15, 0.2) is 0 Å². The maximum absolute atomic E-state index is 8.91. The molecule has 1 saturated heterocycles. The van der Waals surface area contributed by atoms with Crippen molar-refractivity contribution in [2.75, 3.05) is 64.0 Å². The van der Waals surface area contributed by atoms with E-state index in [0.717, 1.165) is 51.6 Å². The number of aliphatic hydroxyl groups is 1. The number of nitrogens with two attached hydrogens (primary N) is 1. The average molecular weight is 268 g/mol. The molecule has 0 spiro atoms. The van der Waals surface area contributed by atoms with Crippen LogP contribution in [0.2, 0.25) is 0 Å². The standard InChI is InChI=1S/C12H24N6O/c1-14-12-11(13)10-15-18(12)7-6-16-2-4-17(5-3-16)8-9-19/h10,14,19H,2-9,13H2,1H3. The Morgan fingerprint density at radius 1 is 1.21 bits per heavy atom. The molecule has 0 saturated carbocycles. The van der Waals surface area contributed by atoms with Gasteiger partial charge >= 0.3 is 0 Å². The predicted molar refractivity (Wildman–Crippen MR) is 76.2 cm³/mol. The second-order valence-electron chi connectivity index (χ2n) is 4.83. The van der Waals surface area contributed by atoms with Crippen LogP contribution in [-0.2, 0) is 6.54 Å². The Labute approximate surface area is 114 Å². The molecule has 1 fully saturated rings. The van der Waals surface area contributed by atoms with Crippen molar-refractivity contribution in [1.82, 2.24) is 19.6 Å². The number of rotatable bonds is 6. The van der Waals surface area contributed by atoms with Gasteiger partial charge in [-0.25, -0.2) is 4.68 Å². The van der Waals surface area contributed by atoms with Crippen LogP contribution in [0.25, 0.3) is 0 Å². The van der Waals surface area contributed by atoms with Gasteiger partial charge in [-0.05, 0) is 0 Å². The minimum Gasteiger partial charge on any atom is -0.395 e. The Kier molecular flexibility index (Phi) is 5.00. The first kappa shape index (κ1) is 14.1. The molecule has 7 heteroatoms. The molecule has 2 heterocycles. The summed E-state index contributed by atoms with van der Waals surface area (Å²) in [5.41, 5.74) is 6.51. The molecular weight excluding hydrogens is 244 g/mol. The Morgan fingerprint density at radius 3 is 2.42 bits per heavy atom.